The Kier molecular flexibility index (Phi) is 6.45. The van der Waals surface area contributed by atoms with Crippen molar-refractivity contribution in [3.05, 3.63) is 150 Å². The average Bonchev–Trinajstić information content (AvgIpc) is 3.47. The molecule has 8 aromatic rings. The minimum absolute atomic E-state index is 0.00876. The van der Waals surface area contributed by atoms with Gasteiger partial charge < -0.3 is 9.38 Å². The fourth-order valence-corrected chi connectivity index (χ4v) is 9.03. The number of aryl methyl sites for hydroxylation is 1. The molecule has 0 amide bonds. The van der Waals surface area contributed by atoms with E-state index >= 15 is 0 Å². The number of rotatable bonds is 2. The zero-order chi connectivity index (χ0) is 35.7. The highest BCUT2D eigenvalue weighted by Crippen LogP contribution is 2.48. The Morgan fingerprint density at radius 1 is 0.538 bits per heavy atom. The third-order valence-corrected chi connectivity index (χ3v) is 11.7. The van der Waals surface area contributed by atoms with E-state index in [9.17, 15) is 0 Å². The van der Waals surface area contributed by atoms with E-state index in [1.165, 1.54) is 99.5 Å². The lowest BCUT2D eigenvalue weighted by Gasteiger charge is -2.43. The average molecular weight is 671 g/mol. The Morgan fingerprint density at radius 2 is 1.23 bits per heavy atom. The lowest BCUT2D eigenvalue weighted by molar-refractivity contribution is 0.590. The van der Waals surface area contributed by atoms with Crippen molar-refractivity contribution < 1.29 is 0 Å². The van der Waals surface area contributed by atoms with Crippen LogP contribution in [-0.4, -0.2) is 11.4 Å². The molecule has 3 heteroatoms. The Labute approximate surface area is 307 Å². The van der Waals surface area contributed by atoms with Gasteiger partial charge in [0.1, 0.15) is 0 Å². The van der Waals surface area contributed by atoms with Crippen molar-refractivity contribution in [2.75, 3.05) is 4.81 Å². The summed E-state index contributed by atoms with van der Waals surface area (Å²) in [7, 11) is 0. The van der Waals surface area contributed by atoms with Crippen LogP contribution in [0.4, 0.5) is 11.4 Å². The van der Waals surface area contributed by atoms with Crippen LogP contribution in [0.25, 0.3) is 60.5 Å². The quantitative estimate of drug-likeness (QED) is 0.166. The van der Waals surface area contributed by atoms with Gasteiger partial charge in [-0.3, -0.25) is 0 Å². The van der Waals surface area contributed by atoms with Gasteiger partial charge in [-0.05, 0) is 115 Å². The van der Waals surface area contributed by atoms with Crippen LogP contribution in [0.3, 0.4) is 0 Å². The van der Waals surface area contributed by atoms with Crippen molar-refractivity contribution in [2.24, 2.45) is 0 Å². The molecule has 1 aromatic heterocycles. The third-order valence-electron chi connectivity index (χ3n) is 11.7. The largest absolute Gasteiger partial charge is 0.376 e. The summed E-state index contributed by atoms with van der Waals surface area (Å²) >= 11 is 0. The van der Waals surface area contributed by atoms with E-state index in [0.29, 0.717) is 0 Å². The summed E-state index contributed by atoms with van der Waals surface area (Å²) in [4.78, 5) is 2.65. The number of aromatic nitrogens is 1. The lowest BCUT2D eigenvalue weighted by Crippen LogP contribution is -2.60. The minimum Gasteiger partial charge on any atom is -0.376 e. The standard InChI is InChI=1S/C49H43BN2/c1-30-25-40-45-37-16-12-11-15-33(37)19-23-43(45)52(36-21-17-32(18-22-36)31-13-9-8-10-14-31)50-41-29-35(49(5,6)7)28-39-38-27-34(48(2,3)4)20-24-42(38)51(47(39)41)44(26-30)46(40)50/h8-29H,1-7H3. The summed E-state index contributed by atoms with van der Waals surface area (Å²) in [6, 6.07) is 50.7. The Balaban J connectivity index is 1.36. The van der Waals surface area contributed by atoms with Crippen molar-refractivity contribution in [1.29, 1.82) is 0 Å². The van der Waals surface area contributed by atoms with E-state index in [1.807, 2.05) is 0 Å². The van der Waals surface area contributed by atoms with Crippen LogP contribution < -0.4 is 15.7 Å². The van der Waals surface area contributed by atoms with Crippen molar-refractivity contribution in [2.45, 2.75) is 59.3 Å². The second kappa shape index (κ2) is 10.7. The van der Waals surface area contributed by atoms with Gasteiger partial charge in [-0.15, -0.1) is 0 Å². The van der Waals surface area contributed by atoms with Gasteiger partial charge in [-0.2, -0.15) is 0 Å². The number of fused-ring (bicyclic) bond motifs is 9. The molecule has 2 aliphatic heterocycles. The molecule has 0 saturated heterocycles. The van der Waals surface area contributed by atoms with Gasteiger partial charge in [0, 0.05) is 33.4 Å². The normalized spacial score (nSPS) is 13.6. The maximum Gasteiger partial charge on any atom is 0.333 e. The van der Waals surface area contributed by atoms with E-state index in [0.717, 1.165) is 0 Å². The molecule has 52 heavy (non-hydrogen) atoms. The molecular formula is C49H43BN2. The highest BCUT2D eigenvalue weighted by atomic mass is 15.1. The second-order valence-corrected chi connectivity index (χ2v) is 17.1. The molecule has 0 atom stereocenters. The Bertz CT molecular complexity index is 2760. The van der Waals surface area contributed by atoms with Gasteiger partial charge in [0.2, 0.25) is 0 Å². The second-order valence-electron chi connectivity index (χ2n) is 17.1. The predicted octanol–water partition coefficient (Wildman–Crippen LogP) is 11.7. The van der Waals surface area contributed by atoms with Crippen LogP contribution in [0.5, 0.6) is 0 Å². The smallest absolute Gasteiger partial charge is 0.333 e. The molecule has 0 radical (unpaired) electrons. The van der Waals surface area contributed by atoms with E-state index < -0.39 is 0 Å². The van der Waals surface area contributed by atoms with Gasteiger partial charge in [0.15, 0.2) is 0 Å². The third kappa shape index (κ3) is 4.45. The molecule has 0 aliphatic carbocycles. The van der Waals surface area contributed by atoms with Crippen molar-refractivity contribution in [3.63, 3.8) is 0 Å². The first-order chi connectivity index (χ1) is 25.0. The molecule has 0 fully saturated rings. The van der Waals surface area contributed by atoms with E-state index in [4.69, 9.17) is 0 Å². The summed E-state index contributed by atoms with van der Waals surface area (Å²) in [6.07, 6.45) is 0. The van der Waals surface area contributed by atoms with Gasteiger partial charge in [-0.1, -0.05) is 133 Å². The highest BCUT2D eigenvalue weighted by Gasteiger charge is 2.45. The molecule has 10 rings (SSSR count). The summed E-state index contributed by atoms with van der Waals surface area (Å²) in [5.74, 6) is 0. The molecule has 3 heterocycles. The molecule has 2 aliphatic rings. The predicted molar refractivity (Wildman–Crippen MR) is 225 cm³/mol. The van der Waals surface area contributed by atoms with Crippen LogP contribution in [-0.2, 0) is 10.8 Å². The maximum absolute atomic E-state index is 2.65. The maximum atomic E-state index is 2.65. The van der Waals surface area contributed by atoms with E-state index in [2.05, 4.69) is 191 Å². The molecule has 7 aromatic carbocycles. The van der Waals surface area contributed by atoms with Crippen LogP contribution in [0.1, 0.15) is 58.2 Å². The number of anilines is 2. The number of nitrogens with zero attached hydrogens (tertiary/aromatic N) is 2. The summed E-state index contributed by atoms with van der Waals surface area (Å²) in [5.41, 5.74) is 18.3. The molecular weight excluding hydrogens is 627 g/mol. The lowest BCUT2D eigenvalue weighted by atomic mass is 9.43. The first-order valence-electron chi connectivity index (χ1n) is 18.7. The molecule has 2 nitrogen and oxygen atoms in total. The SMILES string of the molecule is Cc1cc2c3c(c1)-n1c4ccc(C(C)(C)C)cc4c4cc(C(C)(C)C)cc(c41)B3N(c1ccc(-c3ccccc3)cc1)c1ccc3ccccc3c1-2. The van der Waals surface area contributed by atoms with Crippen molar-refractivity contribution >= 4 is 61.7 Å². The molecule has 252 valence electrons. The zero-order valence-electron chi connectivity index (χ0n) is 31.2. The van der Waals surface area contributed by atoms with Crippen LogP contribution in [0.2, 0.25) is 0 Å². The fourth-order valence-electron chi connectivity index (χ4n) is 9.03. The fraction of sp³-hybridized carbons (Fsp3) is 0.184. The van der Waals surface area contributed by atoms with Crippen molar-refractivity contribution in [1.82, 2.24) is 4.57 Å². The molecule has 0 unspecified atom stereocenters. The van der Waals surface area contributed by atoms with E-state index in [-0.39, 0.29) is 17.7 Å². The van der Waals surface area contributed by atoms with Gasteiger partial charge in [0.05, 0.1) is 11.0 Å². The molecule has 0 bridgehead atoms. The van der Waals surface area contributed by atoms with Gasteiger partial charge in [0.25, 0.3) is 0 Å². The number of hydrogen-bond donors (Lipinski definition) is 0. The van der Waals surface area contributed by atoms with Crippen LogP contribution in [0.15, 0.2) is 133 Å². The molecule has 0 N–H and O–H groups in total. The minimum atomic E-state index is -0.0257. The molecule has 0 spiro atoms. The first-order valence-corrected chi connectivity index (χ1v) is 18.7. The number of hydrogen-bond acceptors (Lipinski definition) is 1. The summed E-state index contributed by atoms with van der Waals surface area (Å²) in [5, 5.41) is 5.25. The topological polar surface area (TPSA) is 8.17 Å². The Hall–Kier alpha value is -5.54. The monoisotopic (exact) mass is 670 g/mol. The summed E-state index contributed by atoms with van der Waals surface area (Å²) in [6.45, 7) is 16.3. The zero-order valence-corrected chi connectivity index (χ0v) is 31.2. The summed E-state index contributed by atoms with van der Waals surface area (Å²) < 4.78 is 2.61. The van der Waals surface area contributed by atoms with Gasteiger partial charge >= 0.3 is 6.85 Å². The Morgan fingerprint density at radius 3 is 1.98 bits per heavy atom. The molecule has 0 saturated carbocycles. The number of benzene rings is 7. The van der Waals surface area contributed by atoms with Crippen molar-refractivity contribution in [3.8, 4) is 27.9 Å². The van der Waals surface area contributed by atoms with Crippen LogP contribution >= 0.6 is 0 Å². The highest BCUT2D eigenvalue weighted by molar-refractivity contribution is 6.93. The van der Waals surface area contributed by atoms with Crippen LogP contribution in [0, 0.1) is 6.92 Å². The first kappa shape index (κ1) is 31.2. The van der Waals surface area contributed by atoms with Gasteiger partial charge in [-0.25, -0.2) is 0 Å². The van der Waals surface area contributed by atoms with E-state index in [1.54, 1.807) is 0 Å².